The van der Waals surface area contributed by atoms with E-state index in [9.17, 15) is 12.8 Å². The van der Waals surface area contributed by atoms with E-state index in [1.54, 1.807) is 12.1 Å². The first kappa shape index (κ1) is 19.9. The molecule has 1 saturated heterocycles. The first-order valence-corrected chi connectivity index (χ1v) is 11.5. The molecular weight excluding hydrogens is 397 g/mol. The number of fused-ring (bicyclic) bond motifs is 1. The summed E-state index contributed by atoms with van der Waals surface area (Å²) in [6.45, 7) is 3.39. The molecule has 0 radical (unpaired) electrons. The summed E-state index contributed by atoms with van der Waals surface area (Å²) in [6, 6.07) is 12.4. The molecule has 9 heteroatoms. The molecule has 156 valence electrons. The normalized spacial score (nSPS) is 18.1. The number of para-hydroxylation sites is 1. The van der Waals surface area contributed by atoms with Crippen molar-refractivity contribution in [3.63, 3.8) is 0 Å². The number of anilines is 1. The number of nitrogens with one attached hydrogen (secondary N) is 2. The van der Waals surface area contributed by atoms with Crippen LogP contribution in [0, 0.1) is 5.82 Å². The molecule has 2 N–H and O–H groups in total. The van der Waals surface area contributed by atoms with Gasteiger partial charge in [-0.3, -0.25) is 0 Å². The molecule has 7 nitrogen and oxygen atoms in total. The van der Waals surface area contributed by atoms with Crippen LogP contribution in [-0.2, 0) is 10.0 Å². The van der Waals surface area contributed by atoms with Crippen LogP contribution in [0.3, 0.4) is 0 Å². The lowest BCUT2D eigenvalue weighted by atomic mass is 10.0. The molecule has 0 aromatic heterocycles. The third-order valence-corrected chi connectivity index (χ3v) is 6.13. The molecule has 1 fully saturated rings. The molecule has 2 aliphatic rings. The lowest BCUT2D eigenvalue weighted by molar-refractivity contribution is -0.930. The van der Waals surface area contributed by atoms with Crippen molar-refractivity contribution in [1.82, 2.24) is 4.72 Å². The van der Waals surface area contributed by atoms with E-state index in [4.69, 9.17) is 9.47 Å². The molecule has 0 bridgehead atoms. The van der Waals surface area contributed by atoms with Crippen LogP contribution < -0.4 is 24.0 Å². The molecule has 2 aliphatic heterocycles. The Balaban J connectivity index is 1.52. The molecule has 2 aromatic carbocycles. The van der Waals surface area contributed by atoms with Crippen molar-refractivity contribution in [2.75, 3.05) is 50.7 Å². The van der Waals surface area contributed by atoms with Crippen LogP contribution in [0.25, 0.3) is 0 Å². The van der Waals surface area contributed by atoms with E-state index < -0.39 is 10.0 Å². The summed E-state index contributed by atoms with van der Waals surface area (Å²) in [5.74, 6) is 1.15. The van der Waals surface area contributed by atoms with Crippen molar-refractivity contribution in [3.05, 3.63) is 53.8 Å². The lowest BCUT2D eigenvalue weighted by Gasteiger charge is -2.37. The molecule has 0 unspecified atom stereocenters. The summed E-state index contributed by atoms with van der Waals surface area (Å²) in [5.41, 5.74) is 1.60. The Labute approximate surface area is 170 Å². The minimum Gasteiger partial charge on any atom is -0.454 e. The number of hydrogen-bond acceptors (Lipinski definition) is 5. The highest BCUT2D eigenvalue weighted by Gasteiger charge is 2.31. The molecular formula is C20H25FN3O4S+. The monoisotopic (exact) mass is 422 g/mol. The summed E-state index contributed by atoms with van der Waals surface area (Å²) < 4.78 is 51.0. The number of benzene rings is 2. The quantitative estimate of drug-likeness (QED) is 0.712. The van der Waals surface area contributed by atoms with Crippen molar-refractivity contribution >= 4 is 15.7 Å². The smallest absolute Gasteiger partial charge is 0.231 e. The summed E-state index contributed by atoms with van der Waals surface area (Å²) in [5, 5.41) is 0. The van der Waals surface area contributed by atoms with Gasteiger partial charge in [0.15, 0.2) is 11.5 Å². The van der Waals surface area contributed by atoms with Gasteiger partial charge in [-0.15, -0.1) is 0 Å². The van der Waals surface area contributed by atoms with E-state index >= 15 is 0 Å². The Bertz CT molecular complexity index is 977. The van der Waals surface area contributed by atoms with E-state index in [2.05, 4.69) is 4.72 Å². The zero-order chi connectivity index (χ0) is 20.4. The van der Waals surface area contributed by atoms with Crippen LogP contribution in [-0.4, -0.2) is 54.2 Å². The second kappa shape index (κ2) is 8.17. The summed E-state index contributed by atoms with van der Waals surface area (Å²) in [6.07, 6.45) is 1.16. The van der Waals surface area contributed by atoms with Crippen molar-refractivity contribution in [2.45, 2.75) is 6.04 Å². The third-order valence-electron chi connectivity index (χ3n) is 5.44. The molecule has 2 aromatic rings. The molecule has 0 spiro atoms. The average molecular weight is 423 g/mol. The SMILES string of the molecule is CS(=O)(=O)NC[C@H](c1ccc2c(c1)OCO2)[NH+]1CCN(c2ccccc2F)CC1. The Morgan fingerprint density at radius 3 is 2.59 bits per heavy atom. The summed E-state index contributed by atoms with van der Waals surface area (Å²) in [7, 11) is -3.32. The molecule has 0 aliphatic carbocycles. The Morgan fingerprint density at radius 1 is 1.14 bits per heavy atom. The van der Waals surface area contributed by atoms with Gasteiger partial charge in [-0.2, -0.15) is 0 Å². The molecule has 4 rings (SSSR count). The van der Waals surface area contributed by atoms with E-state index in [0.717, 1.165) is 24.9 Å². The number of quaternary nitrogens is 1. The van der Waals surface area contributed by atoms with Gasteiger partial charge >= 0.3 is 0 Å². The Morgan fingerprint density at radius 2 is 1.86 bits per heavy atom. The number of piperazine rings is 1. The minimum atomic E-state index is -3.32. The zero-order valence-corrected chi connectivity index (χ0v) is 17.0. The molecule has 1 atom stereocenters. The number of rotatable bonds is 6. The molecule has 0 amide bonds. The predicted molar refractivity (Wildman–Crippen MR) is 107 cm³/mol. The van der Waals surface area contributed by atoms with E-state index in [1.165, 1.54) is 11.0 Å². The largest absolute Gasteiger partial charge is 0.454 e. The van der Waals surface area contributed by atoms with Crippen LogP contribution in [0.2, 0.25) is 0 Å². The number of halogens is 1. The molecule has 0 saturated carbocycles. The number of ether oxygens (including phenoxy) is 2. The maximum absolute atomic E-state index is 14.1. The second-order valence-electron chi connectivity index (χ2n) is 7.38. The fraction of sp³-hybridized carbons (Fsp3) is 0.400. The van der Waals surface area contributed by atoms with Gasteiger partial charge < -0.3 is 19.3 Å². The van der Waals surface area contributed by atoms with Crippen LogP contribution >= 0.6 is 0 Å². The van der Waals surface area contributed by atoms with Gasteiger partial charge in [0.05, 0.1) is 44.7 Å². The number of hydrogen-bond donors (Lipinski definition) is 2. The highest BCUT2D eigenvalue weighted by molar-refractivity contribution is 7.88. The van der Waals surface area contributed by atoms with E-state index in [1.807, 2.05) is 29.2 Å². The van der Waals surface area contributed by atoms with Crippen LogP contribution in [0.15, 0.2) is 42.5 Å². The van der Waals surface area contributed by atoms with Crippen LogP contribution in [0.4, 0.5) is 10.1 Å². The van der Waals surface area contributed by atoms with Gasteiger partial charge in [-0.1, -0.05) is 12.1 Å². The predicted octanol–water partition coefficient (Wildman–Crippen LogP) is 0.550. The Hall–Kier alpha value is -2.36. The Kier molecular flexibility index (Phi) is 5.62. The van der Waals surface area contributed by atoms with Gasteiger partial charge in [-0.25, -0.2) is 17.5 Å². The van der Waals surface area contributed by atoms with Gasteiger partial charge in [0, 0.05) is 5.56 Å². The van der Waals surface area contributed by atoms with E-state index in [0.29, 0.717) is 30.3 Å². The maximum atomic E-state index is 14.1. The van der Waals surface area contributed by atoms with Gasteiger partial charge in [-0.05, 0) is 30.3 Å². The molecule has 29 heavy (non-hydrogen) atoms. The maximum Gasteiger partial charge on any atom is 0.231 e. The van der Waals surface area contributed by atoms with Crippen molar-refractivity contribution in [1.29, 1.82) is 0 Å². The van der Waals surface area contributed by atoms with Gasteiger partial charge in [0.1, 0.15) is 11.9 Å². The lowest BCUT2D eigenvalue weighted by Crippen LogP contribution is -3.15. The highest BCUT2D eigenvalue weighted by Crippen LogP contribution is 2.33. The van der Waals surface area contributed by atoms with Gasteiger partial charge in [0.25, 0.3) is 0 Å². The summed E-state index contributed by atoms with van der Waals surface area (Å²) in [4.78, 5) is 3.28. The first-order valence-electron chi connectivity index (χ1n) is 9.59. The standard InChI is InChI=1S/C20H24FN3O4S/c1-29(25,26)22-13-18(15-6-7-19-20(12-15)28-14-27-19)24-10-8-23(9-11-24)17-5-3-2-4-16(17)21/h2-7,12,18,22H,8-11,13-14H2,1H3/p+1/t18-/m1/s1. The summed E-state index contributed by atoms with van der Waals surface area (Å²) >= 11 is 0. The number of nitrogens with zero attached hydrogens (tertiary/aromatic N) is 1. The fourth-order valence-electron chi connectivity index (χ4n) is 3.95. The first-order chi connectivity index (χ1) is 13.9. The zero-order valence-electron chi connectivity index (χ0n) is 16.2. The topological polar surface area (TPSA) is 72.3 Å². The fourth-order valence-corrected chi connectivity index (χ4v) is 4.42. The third kappa shape index (κ3) is 4.63. The second-order valence-corrected chi connectivity index (χ2v) is 9.22. The van der Waals surface area contributed by atoms with Crippen LogP contribution in [0.1, 0.15) is 11.6 Å². The van der Waals surface area contributed by atoms with Crippen molar-refractivity contribution < 1.29 is 27.2 Å². The molecule has 2 heterocycles. The minimum absolute atomic E-state index is 0.0815. The number of sulfonamides is 1. The van der Waals surface area contributed by atoms with Gasteiger partial charge in [0.2, 0.25) is 16.8 Å². The highest BCUT2D eigenvalue weighted by atomic mass is 32.2. The average Bonchev–Trinajstić information content (AvgIpc) is 3.16. The van der Waals surface area contributed by atoms with Crippen LogP contribution in [0.5, 0.6) is 11.5 Å². The van der Waals surface area contributed by atoms with Crippen molar-refractivity contribution in [2.24, 2.45) is 0 Å². The van der Waals surface area contributed by atoms with E-state index in [-0.39, 0.29) is 25.2 Å². The van der Waals surface area contributed by atoms with Crippen molar-refractivity contribution in [3.8, 4) is 11.5 Å².